The molecule has 0 rings (SSSR count). The molecule has 0 bridgehead atoms. The van der Waals surface area contributed by atoms with Crippen LogP contribution in [-0.2, 0) is 37.1 Å². The topological polar surface area (TPSA) is 38.7 Å². The van der Waals surface area contributed by atoms with Crippen molar-refractivity contribution < 1.29 is 30.2 Å². The van der Waals surface area contributed by atoms with Crippen LogP contribution < -0.4 is 0 Å². The molecule has 0 saturated carbocycles. The van der Waals surface area contributed by atoms with Crippen molar-refractivity contribution in [3.8, 4) is 0 Å². The summed E-state index contributed by atoms with van der Waals surface area (Å²) in [7, 11) is 0. The van der Waals surface area contributed by atoms with Gasteiger partial charge in [0.1, 0.15) is 0 Å². The van der Waals surface area contributed by atoms with Gasteiger partial charge in [-0.1, -0.05) is 0 Å². The first-order valence-corrected chi connectivity index (χ1v) is 8.64. The third-order valence-electron chi connectivity index (χ3n) is 0.511. The molecule has 0 aliphatic heterocycles. The van der Waals surface area contributed by atoms with Gasteiger partial charge in [0, 0.05) is 0 Å². The van der Waals surface area contributed by atoms with Gasteiger partial charge in [-0.15, -0.1) is 0 Å². The van der Waals surface area contributed by atoms with Crippen LogP contribution in [0, 0.1) is 0 Å². The Bertz CT molecular complexity index is 166. The SMILES string of the molecule is C=CCSP(O)(=S)[O][Mo][O]S. The first-order chi connectivity index (χ1) is 5.12. The molecule has 0 amide bonds. The fourth-order valence-electron chi connectivity index (χ4n) is 0.220. The van der Waals surface area contributed by atoms with Crippen molar-refractivity contribution in [2.45, 2.75) is 0 Å². The van der Waals surface area contributed by atoms with Crippen LogP contribution in [0.4, 0.5) is 0 Å². The molecule has 1 atom stereocenters. The Labute approximate surface area is 89.9 Å². The fourth-order valence-corrected chi connectivity index (χ4v) is 5.30. The van der Waals surface area contributed by atoms with Crippen LogP contribution in [0.3, 0.4) is 0 Å². The van der Waals surface area contributed by atoms with Crippen LogP contribution in [0.2, 0.25) is 0 Å². The Hall–Kier alpha value is 1.66. The summed E-state index contributed by atoms with van der Waals surface area (Å²) in [4.78, 5) is 9.31. The van der Waals surface area contributed by atoms with Crippen molar-refractivity contribution in [3.05, 3.63) is 12.7 Å². The van der Waals surface area contributed by atoms with Gasteiger partial charge in [0.2, 0.25) is 0 Å². The van der Waals surface area contributed by atoms with Crippen LogP contribution in [0.15, 0.2) is 12.7 Å². The summed E-state index contributed by atoms with van der Waals surface area (Å²) < 4.78 is 9.33. The molecule has 0 aromatic carbocycles. The number of hydrogen-bond donors (Lipinski definition) is 2. The minimum atomic E-state index is -2.66. The van der Waals surface area contributed by atoms with Crippen molar-refractivity contribution in [3.63, 3.8) is 0 Å². The third-order valence-corrected chi connectivity index (χ3v) is 8.35. The van der Waals surface area contributed by atoms with Crippen LogP contribution in [0.5, 0.6) is 0 Å². The summed E-state index contributed by atoms with van der Waals surface area (Å²) >= 11 is 8.28. The summed E-state index contributed by atoms with van der Waals surface area (Å²) in [6.45, 7) is 3.49. The van der Waals surface area contributed by atoms with Gasteiger partial charge < -0.3 is 0 Å². The number of hydrogen-bond acceptors (Lipinski definition) is 5. The molecule has 3 nitrogen and oxygen atoms in total. The van der Waals surface area contributed by atoms with E-state index in [0.717, 1.165) is 0 Å². The Kier molecular flexibility index (Phi) is 8.17. The predicted octanol–water partition coefficient (Wildman–Crippen LogP) is 1.91. The molecule has 0 aliphatic carbocycles. The molecule has 1 unspecified atom stereocenters. The van der Waals surface area contributed by atoms with E-state index in [1.807, 2.05) is 0 Å². The van der Waals surface area contributed by atoms with Gasteiger partial charge in [-0.25, -0.2) is 0 Å². The molecule has 0 radical (unpaired) electrons. The van der Waals surface area contributed by atoms with E-state index in [1.165, 1.54) is 11.4 Å². The summed E-state index contributed by atoms with van der Waals surface area (Å²) in [6, 6.07) is 0. The molecule has 1 N–H and O–H groups in total. The van der Waals surface area contributed by atoms with E-state index in [4.69, 9.17) is 15.0 Å². The average Bonchev–Trinajstić information content (AvgIpc) is 1.97. The summed E-state index contributed by atoms with van der Waals surface area (Å²) in [6.07, 6.45) is 1.66. The second-order valence-corrected chi connectivity index (χ2v) is 10.1. The normalized spacial score (nSPS) is 15.8. The second-order valence-electron chi connectivity index (χ2n) is 1.27. The van der Waals surface area contributed by atoms with E-state index < -0.39 is 25.0 Å². The maximum absolute atomic E-state index is 9.31. The molecule has 66 valence electrons. The zero-order valence-electron chi connectivity index (χ0n) is 5.37. The fraction of sp³-hybridized carbons (Fsp3) is 0.333. The molecule has 0 aromatic rings. The Morgan fingerprint density at radius 3 is 3.00 bits per heavy atom. The maximum atomic E-state index is 9.31. The molecule has 0 aliphatic rings. The summed E-state index contributed by atoms with van der Waals surface area (Å²) in [5.41, 5.74) is -2.66. The van der Waals surface area contributed by atoms with Crippen LogP contribution in [0.1, 0.15) is 0 Å². The zero-order valence-corrected chi connectivity index (χ0v) is 10.8. The van der Waals surface area contributed by atoms with Gasteiger partial charge in [0.15, 0.2) is 0 Å². The van der Waals surface area contributed by atoms with Crippen molar-refractivity contribution in [2.75, 3.05) is 5.75 Å². The summed E-state index contributed by atoms with van der Waals surface area (Å²) in [5.74, 6) is 0.591. The van der Waals surface area contributed by atoms with E-state index in [9.17, 15) is 4.89 Å². The molecule has 0 heterocycles. The second kappa shape index (κ2) is 7.10. The first-order valence-electron chi connectivity index (χ1n) is 2.37. The van der Waals surface area contributed by atoms with Gasteiger partial charge in [-0.05, 0) is 0 Å². The van der Waals surface area contributed by atoms with Gasteiger partial charge in [-0.2, -0.15) is 0 Å². The van der Waals surface area contributed by atoms with Crippen LogP contribution >= 0.6 is 30.0 Å². The van der Waals surface area contributed by atoms with Gasteiger partial charge >= 0.3 is 90.4 Å². The van der Waals surface area contributed by atoms with E-state index in [1.54, 1.807) is 6.08 Å². The van der Waals surface area contributed by atoms with Crippen molar-refractivity contribution in [1.29, 1.82) is 0 Å². The van der Waals surface area contributed by atoms with E-state index in [2.05, 4.69) is 22.3 Å². The van der Waals surface area contributed by atoms with Gasteiger partial charge in [0.05, 0.1) is 0 Å². The zero-order chi connectivity index (χ0) is 8.74. The van der Waals surface area contributed by atoms with Crippen LogP contribution in [0.25, 0.3) is 0 Å². The monoisotopic (exact) mass is 316 g/mol. The predicted molar refractivity (Wildman–Crippen MR) is 50.3 cm³/mol. The number of rotatable bonds is 6. The molecule has 0 saturated heterocycles. The minimum absolute atomic E-state index is 0.591. The standard InChI is InChI=1S/C3H7O2PS2.Mo.H2OS/c1-2-3-8-6(4,5)7;;1-2/h2H,1,3H2,(H2,4,5,7);;1-2H/q;+2;/p-2. The van der Waals surface area contributed by atoms with Gasteiger partial charge in [-0.3, -0.25) is 0 Å². The molecule has 0 spiro atoms. The average molecular weight is 314 g/mol. The molecule has 11 heavy (non-hydrogen) atoms. The third kappa shape index (κ3) is 8.00. The van der Waals surface area contributed by atoms with Crippen molar-refractivity contribution in [1.82, 2.24) is 0 Å². The Morgan fingerprint density at radius 2 is 2.55 bits per heavy atom. The van der Waals surface area contributed by atoms with E-state index in [-0.39, 0.29) is 0 Å². The van der Waals surface area contributed by atoms with Crippen molar-refractivity contribution >= 4 is 41.8 Å². The summed E-state index contributed by atoms with van der Waals surface area (Å²) in [5, 5.41) is 0. The molecule has 0 aromatic heterocycles. The van der Waals surface area contributed by atoms with Crippen molar-refractivity contribution in [2.24, 2.45) is 0 Å². The number of thiol groups is 1. The van der Waals surface area contributed by atoms with Crippen LogP contribution in [-0.4, -0.2) is 10.6 Å². The first kappa shape index (κ1) is 12.7. The Balaban J connectivity index is 3.61. The van der Waals surface area contributed by atoms with E-state index in [0.29, 0.717) is 5.75 Å². The van der Waals surface area contributed by atoms with E-state index >= 15 is 0 Å². The van der Waals surface area contributed by atoms with Gasteiger partial charge in [0.25, 0.3) is 0 Å². The molecule has 0 fully saturated rings. The molecule has 8 heteroatoms. The molecular weight excluding hydrogens is 307 g/mol. The quantitative estimate of drug-likeness (QED) is 0.258. The Morgan fingerprint density at radius 1 is 1.91 bits per heavy atom. The molecular formula is C3H7MoO3PS3.